The minimum absolute atomic E-state index is 0.0461. The largest absolute Gasteiger partial charge is 0.416 e. The van der Waals surface area contributed by atoms with Gasteiger partial charge in [-0.15, -0.1) is 0 Å². The van der Waals surface area contributed by atoms with Crippen molar-refractivity contribution < 1.29 is 35.2 Å². The summed E-state index contributed by atoms with van der Waals surface area (Å²) in [6.07, 6.45) is -2.44. The molecule has 1 amide bonds. The molecular formula is C23H14F5N5O3S. The summed E-state index contributed by atoms with van der Waals surface area (Å²) < 4.78 is 98.3. The lowest BCUT2D eigenvalue weighted by atomic mass is 10.0. The molecule has 14 heteroatoms. The number of amides is 1. The van der Waals surface area contributed by atoms with E-state index in [1.165, 1.54) is 42.2 Å². The lowest BCUT2D eigenvalue weighted by molar-refractivity contribution is -0.137. The van der Waals surface area contributed by atoms with Gasteiger partial charge in [0, 0.05) is 18.8 Å². The molecule has 2 N–H and O–H groups in total. The maximum Gasteiger partial charge on any atom is 0.416 e. The Kier molecular flexibility index (Phi) is 6.34. The number of nitrogens with one attached hydrogen (secondary N) is 2. The molecule has 2 heterocycles. The number of hydrogen-bond acceptors (Lipinski definition) is 5. The number of hydrogen-bond donors (Lipinski definition) is 2. The van der Waals surface area contributed by atoms with Crippen molar-refractivity contribution >= 4 is 27.1 Å². The maximum absolute atomic E-state index is 15.4. The summed E-state index contributed by atoms with van der Waals surface area (Å²) in [5, 5.41) is 11.4. The molecule has 4 rings (SSSR count). The van der Waals surface area contributed by atoms with Gasteiger partial charge in [0.2, 0.25) is 0 Å². The van der Waals surface area contributed by atoms with Gasteiger partial charge in [-0.25, -0.2) is 22.2 Å². The summed E-state index contributed by atoms with van der Waals surface area (Å²) >= 11 is 0. The van der Waals surface area contributed by atoms with Crippen LogP contribution in [0.3, 0.4) is 0 Å². The van der Waals surface area contributed by atoms with Crippen LogP contribution < -0.4 is 10.0 Å². The highest BCUT2D eigenvalue weighted by molar-refractivity contribution is 7.92. The molecule has 0 aliphatic heterocycles. The Morgan fingerprint density at radius 1 is 1.11 bits per heavy atom. The van der Waals surface area contributed by atoms with Crippen molar-refractivity contribution in [1.29, 1.82) is 5.26 Å². The number of sulfonamides is 1. The number of imidazole rings is 1. The second-order valence-corrected chi connectivity index (χ2v) is 9.31. The van der Waals surface area contributed by atoms with Crippen LogP contribution in [0.5, 0.6) is 0 Å². The highest BCUT2D eigenvalue weighted by Gasteiger charge is 2.33. The minimum Gasteiger partial charge on any atom is -0.354 e. The van der Waals surface area contributed by atoms with Crippen molar-refractivity contribution in [2.24, 2.45) is 0 Å². The topological polar surface area (TPSA) is 116 Å². The number of pyridine rings is 1. The molecule has 2 aromatic carbocycles. The highest BCUT2D eigenvalue weighted by Crippen LogP contribution is 2.34. The molecular weight excluding hydrogens is 521 g/mol. The molecule has 190 valence electrons. The summed E-state index contributed by atoms with van der Waals surface area (Å²) in [5.74, 6) is -2.89. The van der Waals surface area contributed by atoms with E-state index in [0.29, 0.717) is 23.7 Å². The van der Waals surface area contributed by atoms with Crippen molar-refractivity contribution in [3.63, 3.8) is 0 Å². The van der Waals surface area contributed by atoms with E-state index in [4.69, 9.17) is 5.26 Å². The van der Waals surface area contributed by atoms with Crippen LogP contribution in [0.15, 0.2) is 59.9 Å². The quantitative estimate of drug-likeness (QED) is 0.369. The Labute approximate surface area is 206 Å². The Bertz CT molecular complexity index is 1710. The van der Waals surface area contributed by atoms with Crippen LogP contribution >= 0.6 is 0 Å². The van der Waals surface area contributed by atoms with Crippen LogP contribution in [0.4, 0.5) is 27.6 Å². The Hall–Kier alpha value is -4.51. The van der Waals surface area contributed by atoms with E-state index in [0.717, 1.165) is 12.1 Å². The van der Waals surface area contributed by atoms with Crippen molar-refractivity contribution in [3.05, 3.63) is 83.4 Å². The predicted octanol–water partition coefficient (Wildman–Crippen LogP) is 4.33. The van der Waals surface area contributed by atoms with E-state index < -0.39 is 61.0 Å². The number of alkyl halides is 3. The van der Waals surface area contributed by atoms with Crippen LogP contribution in [-0.4, -0.2) is 30.8 Å². The van der Waals surface area contributed by atoms with Crippen LogP contribution in [-0.2, 0) is 16.2 Å². The molecule has 0 radical (unpaired) electrons. The molecule has 8 nitrogen and oxygen atoms in total. The van der Waals surface area contributed by atoms with E-state index in [1.807, 2.05) is 4.72 Å². The lowest BCUT2D eigenvalue weighted by Gasteiger charge is -2.14. The van der Waals surface area contributed by atoms with E-state index in [-0.39, 0.29) is 11.3 Å². The molecule has 0 saturated carbocycles. The zero-order chi connectivity index (χ0) is 27.1. The average Bonchev–Trinajstić information content (AvgIpc) is 3.28. The number of halogens is 5. The van der Waals surface area contributed by atoms with Gasteiger partial charge in [0.05, 0.1) is 38.9 Å². The molecule has 0 fully saturated rings. The van der Waals surface area contributed by atoms with Gasteiger partial charge in [-0.1, -0.05) is 6.07 Å². The molecule has 0 unspecified atom stereocenters. The van der Waals surface area contributed by atoms with Crippen LogP contribution in [0.25, 0.3) is 16.6 Å². The third-order valence-corrected chi connectivity index (χ3v) is 6.62. The number of aromatic nitrogens is 2. The standard InChI is InChI=1S/C23H14F5N5O3S/c1-30-22(34)21-18-5-2-13(10-33(18)11-31-21)19-16(24)3-4-17(20(19)25)32-37(35,36)15-7-12(9-29)6-14(8-15)23(26,27)28/h2-8,10-11,32H,1H3,(H,30,34). The van der Waals surface area contributed by atoms with Crippen molar-refractivity contribution in [2.75, 3.05) is 11.8 Å². The molecule has 0 aliphatic carbocycles. The van der Waals surface area contributed by atoms with Crippen LogP contribution in [0, 0.1) is 23.0 Å². The van der Waals surface area contributed by atoms with Gasteiger partial charge in [0.15, 0.2) is 11.5 Å². The molecule has 0 bridgehead atoms. The molecule has 0 aliphatic rings. The molecule has 37 heavy (non-hydrogen) atoms. The normalized spacial score (nSPS) is 11.8. The van der Waals surface area contributed by atoms with Gasteiger partial charge >= 0.3 is 6.18 Å². The number of fused-ring (bicyclic) bond motifs is 1. The van der Waals surface area contributed by atoms with Crippen molar-refractivity contribution in [1.82, 2.24) is 14.7 Å². The van der Waals surface area contributed by atoms with E-state index in [2.05, 4.69) is 10.3 Å². The molecule has 0 atom stereocenters. The van der Waals surface area contributed by atoms with Gasteiger partial charge in [-0.2, -0.15) is 18.4 Å². The van der Waals surface area contributed by atoms with Crippen LogP contribution in [0.2, 0.25) is 0 Å². The van der Waals surface area contributed by atoms with E-state index >= 15 is 4.39 Å². The first kappa shape index (κ1) is 25.6. The second-order valence-electron chi connectivity index (χ2n) is 7.63. The average molecular weight is 535 g/mol. The van der Waals surface area contributed by atoms with Gasteiger partial charge in [-0.3, -0.25) is 9.52 Å². The lowest BCUT2D eigenvalue weighted by Crippen LogP contribution is -2.18. The smallest absolute Gasteiger partial charge is 0.354 e. The molecule has 4 aromatic rings. The Morgan fingerprint density at radius 2 is 1.84 bits per heavy atom. The number of nitrogens with zero attached hydrogens (tertiary/aromatic N) is 3. The number of carbonyl (C=O) groups excluding carboxylic acids is 1. The summed E-state index contributed by atoms with van der Waals surface area (Å²) in [5.41, 5.74) is -3.01. The summed E-state index contributed by atoms with van der Waals surface area (Å²) in [7, 11) is -3.43. The number of rotatable bonds is 5. The Balaban J connectivity index is 1.77. The highest BCUT2D eigenvalue weighted by atomic mass is 32.2. The fourth-order valence-electron chi connectivity index (χ4n) is 3.52. The summed E-state index contributed by atoms with van der Waals surface area (Å²) in [6, 6.07) is 7.11. The zero-order valence-electron chi connectivity index (χ0n) is 18.6. The van der Waals surface area contributed by atoms with Crippen LogP contribution in [0.1, 0.15) is 21.6 Å². The maximum atomic E-state index is 15.4. The van der Waals surface area contributed by atoms with Crippen molar-refractivity contribution in [3.8, 4) is 17.2 Å². The molecule has 0 spiro atoms. The first-order valence-electron chi connectivity index (χ1n) is 10.2. The predicted molar refractivity (Wildman–Crippen MR) is 121 cm³/mol. The molecule has 2 aromatic heterocycles. The second kappa shape index (κ2) is 9.17. The summed E-state index contributed by atoms with van der Waals surface area (Å²) in [6.45, 7) is 0. The minimum atomic E-state index is -4.95. The van der Waals surface area contributed by atoms with Gasteiger partial charge in [-0.05, 0) is 36.4 Å². The van der Waals surface area contributed by atoms with Gasteiger partial charge in [0.1, 0.15) is 12.1 Å². The monoisotopic (exact) mass is 535 g/mol. The van der Waals surface area contributed by atoms with E-state index in [1.54, 1.807) is 0 Å². The number of nitriles is 1. The number of benzene rings is 2. The number of anilines is 1. The number of carbonyl (C=O) groups is 1. The fourth-order valence-corrected chi connectivity index (χ4v) is 4.65. The molecule has 0 saturated heterocycles. The Morgan fingerprint density at radius 3 is 2.49 bits per heavy atom. The first-order valence-corrected chi connectivity index (χ1v) is 11.7. The first-order chi connectivity index (χ1) is 17.4. The van der Waals surface area contributed by atoms with Gasteiger partial charge < -0.3 is 9.72 Å². The summed E-state index contributed by atoms with van der Waals surface area (Å²) in [4.78, 5) is 14.9. The van der Waals surface area contributed by atoms with Gasteiger partial charge in [0.25, 0.3) is 15.9 Å². The van der Waals surface area contributed by atoms with Crippen molar-refractivity contribution in [2.45, 2.75) is 11.1 Å². The third kappa shape index (κ3) is 4.81. The fraction of sp³-hybridized carbons (Fsp3) is 0.0870. The zero-order valence-corrected chi connectivity index (χ0v) is 19.4. The SMILES string of the molecule is CNC(=O)c1ncn2cc(-c3c(F)ccc(NS(=O)(=O)c4cc(C#N)cc(C(F)(F)F)c4)c3F)ccc12. The third-order valence-electron chi connectivity index (χ3n) is 5.27. The van der Waals surface area contributed by atoms with E-state index in [9.17, 15) is 30.8 Å².